The standard InChI is InChI=1S/C14H27NO6.ClH/c1-14(2)20-12-11(18-7-5-6-15(3)4)10(9(17)8-16)19-13(12)21-14;/h9-13,16-17H,5-8H2,1-4H3;1H/p-1/t9-,10-,11+,12-,13-;/m1./s1. The molecular formula is C14H27ClNO6-. The minimum absolute atomic E-state index is 0. The van der Waals surface area contributed by atoms with Crippen molar-refractivity contribution >= 4 is 0 Å². The summed E-state index contributed by atoms with van der Waals surface area (Å²) in [6, 6.07) is 0. The van der Waals surface area contributed by atoms with Gasteiger partial charge in [0.25, 0.3) is 0 Å². The Kier molecular flexibility index (Phi) is 7.48. The minimum atomic E-state index is -1.01. The van der Waals surface area contributed by atoms with Gasteiger partial charge in [-0.05, 0) is 40.9 Å². The first-order valence-corrected chi connectivity index (χ1v) is 7.40. The Morgan fingerprint density at radius 1 is 1.27 bits per heavy atom. The van der Waals surface area contributed by atoms with Crippen LogP contribution in [0.4, 0.5) is 0 Å². The van der Waals surface area contributed by atoms with Crippen LogP contribution in [0.25, 0.3) is 0 Å². The van der Waals surface area contributed by atoms with E-state index >= 15 is 0 Å². The maximum atomic E-state index is 9.88. The zero-order valence-electron chi connectivity index (χ0n) is 13.6. The van der Waals surface area contributed by atoms with Crippen molar-refractivity contribution in [2.24, 2.45) is 0 Å². The molecule has 0 saturated carbocycles. The van der Waals surface area contributed by atoms with Crippen molar-refractivity contribution in [3.05, 3.63) is 0 Å². The van der Waals surface area contributed by atoms with Gasteiger partial charge in [-0.3, -0.25) is 0 Å². The van der Waals surface area contributed by atoms with Crippen molar-refractivity contribution < 1.29 is 41.6 Å². The third-order valence-electron chi connectivity index (χ3n) is 3.65. The summed E-state index contributed by atoms with van der Waals surface area (Å²) in [4.78, 5) is 2.08. The zero-order valence-corrected chi connectivity index (χ0v) is 14.3. The molecule has 132 valence electrons. The van der Waals surface area contributed by atoms with Gasteiger partial charge in [-0.1, -0.05) is 0 Å². The average molecular weight is 341 g/mol. The van der Waals surface area contributed by atoms with Crippen molar-refractivity contribution in [1.82, 2.24) is 4.90 Å². The Bertz CT molecular complexity index is 343. The van der Waals surface area contributed by atoms with Gasteiger partial charge < -0.3 is 46.5 Å². The fourth-order valence-corrected chi connectivity index (χ4v) is 2.71. The molecule has 5 atom stereocenters. The number of rotatable bonds is 7. The van der Waals surface area contributed by atoms with E-state index < -0.39 is 30.4 Å². The first-order chi connectivity index (χ1) is 9.84. The highest BCUT2D eigenvalue weighted by atomic mass is 35.5. The van der Waals surface area contributed by atoms with Crippen molar-refractivity contribution in [3.63, 3.8) is 0 Å². The second kappa shape index (κ2) is 8.21. The Morgan fingerprint density at radius 3 is 2.55 bits per heavy atom. The molecule has 0 aliphatic carbocycles. The molecule has 0 aromatic heterocycles. The highest BCUT2D eigenvalue weighted by molar-refractivity contribution is 4.96. The van der Waals surface area contributed by atoms with E-state index in [1.807, 2.05) is 27.9 Å². The molecule has 2 heterocycles. The molecule has 7 nitrogen and oxygen atoms in total. The van der Waals surface area contributed by atoms with Crippen LogP contribution in [0.2, 0.25) is 0 Å². The lowest BCUT2D eigenvalue weighted by atomic mass is 10.1. The van der Waals surface area contributed by atoms with E-state index in [9.17, 15) is 5.11 Å². The molecule has 8 heteroatoms. The van der Waals surface area contributed by atoms with Crippen LogP contribution >= 0.6 is 0 Å². The van der Waals surface area contributed by atoms with Crippen LogP contribution in [0, 0.1) is 0 Å². The first kappa shape index (κ1) is 20.1. The SMILES string of the molecule is CN(C)CCCO[C@@H]1[C@H]2OC(C)(C)O[C@H]2O[C@@H]1[C@H](O)CO.[Cl-]. The molecule has 0 spiro atoms. The topological polar surface area (TPSA) is 80.6 Å². The van der Waals surface area contributed by atoms with E-state index in [0.717, 1.165) is 13.0 Å². The summed E-state index contributed by atoms with van der Waals surface area (Å²) < 4.78 is 23.0. The van der Waals surface area contributed by atoms with Crippen molar-refractivity contribution in [2.75, 3.05) is 33.9 Å². The summed E-state index contributed by atoms with van der Waals surface area (Å²) in [5.41, 5.74) is 0. The maximum Gasteiger partial charge on any atom is 0.190 e. The van der Waals surface area contributed by atoms with Crippen molar-refractivity contribution in [3.8, 4) is 0 Å². The Hall–Kier alpha value is 0.01000. The van der Waals surface area contributed by atoms with E-state index in [2.05, 4.69) is 4.90 Å². The van der Waals surface area contributed by atoms with Gasteiger partial charge in [0, 0.05) is 6.61 Å². The Balaban J connectivity index is 0.00000242. The smallest absolute Gasteiger partial charge is 0.190 e. The van der Waals surface area contributed by atoms with Crippen molar-refractivity contribution in [1.29, 1.82) is 0 Å². The maximum absolute atomic E-state index is 9.88. The predicted octanol–water partition coefficient (Wildman–Crippen LogP) is -3.44. The quantitative estimate of drug-likeness (QED) is 0.467. The lowest BCUT2D eigenvalue weighted by Gasteiger charge is -2.28. The molecule has 0 unspecified atom stereocenters. The van der Waals surface area contributed by atoms with Crippen LogP contribution in [0.5, 0.6) is 0 Å². The number of aliphatic hydroxyl groups is 2. The highest BCUT2D eigenvalue weighted by Gasteiger charge is 2.56. The second-order valence-electron chi connectivity index (χ2n) is 6.31. The Labute approximate surface area is 137 Å². The van der Waals surface area contributed by atoms with E-state index in [1.165, 1.54) is 0 Å². The van der Waals surface area contributed by atoms with Crippen LogP contribution in [0.15, 0.2) is 0 Å². The van der Waals surface area contributed by atoms with Gasteiger partial charge in [0.05, 0.1) is 6.61 Å². The van der Waals surface area contributed by atoms with Gasteiger partial charge in [0.2, 0.25) is 0 Å². The lowest BCUT2D eigenvalue weighted by molar-refractivity contribution is -0.231. The minimum Gasteiger partial charge on any atom is -1.00 e. The molecule has 2 rings (SSSR count). The summed E-state index contributed by atoms with van der Waals surface area (Å²) in [6.45, 7) is 4.70. The normalized spacial score (nSPS) is 34.5. The predicted molar refractivity (Wildman–Crippen MR) is 74.7 cm³/mol. The molecule has 0 amide bonds. The fourth-order valence-electron chi connectivity index (χ4n) is 2.71. The number of aliphatic hydroxyl groups excluding tert-OH is 2. The van der Waals surface area contributed by atoms with Gasteiger partial charge in [0.15, 0.2) is 12.1 Å². The number of halogens is 1. The van der Waals surface area contributed by atoms with Gasteiger partial charge in [-0.25, -0.2) is 0 Å². The van der Waals surface area contributed by atoms with Gasteiger partial charge in [-0.2, -0.15) is 0 Å². The highest BCUT2D eigenvalue weighted by Crippen LogP contribution is 2.39. The third-order valence-corrected chi connectivity index (χ3v) is 3.65. The third kappa shape index (κ3) is 4.75. The number of ether oxygens (including phenoxy) is 4. The van der Waals surface area contributed by atoms with Crippen LogP contribution in [-0.4, -0.2) is 85.5 Å². The number of nitrogens with zero attached hydrogens (tertiary/aromatic N) is 1. The van der Waals surface area contributed by atoms with E-state index in [-0.39, 0.29) is 25.1 Å². The zero-order chi connectivity index (χ0) is 15.6. The van der Waals surface area contributed by atoms with Gasteiger partial charge in [-0.15, -0.1) is 0 Å². The average Bonchev–Trinajstić information content (AvgIpc) is 2.86. The van der Waals surface area contributed by atoms with Crippen molar-refractivity contribution in [2.45, 2.75) is 56.8 Å². The number of hydrogen-bond donors (Lipinski definition) is 2. The largest absolute Gasteiger partial charge is 1.00 e. The molecule has 2 aliphatic heterocycles. The summed E-state index contributed by atoms with van der Waals surface area (Å²) >= 11 is 0. The molecule has 2 aliphatic rings. The van der Waals surface area contributed by atoms with E-state index in [1.54, 1.807) is 0 Å². The summed E-state index contributed by atoms with van der Waals surface area (Å²) in [5, 5.41) is 19.0. The lowest BCUT2D eigenvalue weighted by Crippen LogP contribution is -3.00. The molecule has 2 saturated heterocycles. The summed E-state index contributed by atoms with van der Waals surface area (Å²) in [5.74, 6) is -0.726. The molecule has 22 heavy (non-hydrogen) atoms. The van der Waals surface area contributed by atoms with E-state index in [4.69, 9.17) is 24.1 Å². The first-order valence-electron chi connectivity index (χ1n) is 7.40. The molecule has 0 radical (unpaired) electrons. The van der Waals surface area contributed by atoms with Crippen LogP contribution < -0.4 is 12.4 Å². The van der Waals surface area contributed by atoms with Crippen LogP contribution in [0.3, 0.4) is 0 Å². The summed E-state index contributed by atoms with van der Waals surface area (Å²) in [7, 11) is 4.01. The second-order valence-corrected chi connectivity index (χ2v) is 6.31. The molecule has 0 aromatic carbocycles. The van der Waals surface area contributed by atoms with E-state index in [0.29, 0.717) is 6.61 Å². The van der Waals surface area contributed by atoms with Crippen LogP contribution in [0.1, 0.15) is 20.3 Å². The fraction of sp³-hybridized carbons (Fsp3) is 1.00. The number of hydrogen-bond acceptors (Lipinski definition) is 7. The molecule has 2 fully saturated rings. The summed E-state index contributed by atoms with van der Waals surface area (Å²) in [6.07, 6.45) is -2.17. The molecular weight excluding hydrogens is 314 g/mol. The van der Waals surface area contributed by atoms with Gasteiger partial charge >= 0.3 is 0 Å². The van der Waals surface area contributed by atoms with Crippen LogP contribution in [-0.2, 0) is 18.9 Å². The number of fused-ring (bicyclic) bond motifs is 1. The molecule has 0 aromatic rings. The Morgan fingerprint density at radius 2 is 1.95 bits per heavy atom. The molecule has 0 bridgehead atoms. The monoisotopic (exact) mass is 340 g/mol. The van der Waals surface area contributed by atoms with Gasteiger partial charge in [0.1, 0.15) is 24.4 Å². The molecule has 2 N–H and O–H groups in total.